The van der Waals surface area contributed by atoms with Crippen LogP contribution in [0.25, 0.3) is 0 Å². The molecule has 1 heterocycles. The van der Waals surface area contributed by atoms with E-state index in [1.54, 1.807) is 0 Å². The topological polar surface area (TPSA) is 94.9 Å². The lowest BCUT2D eigenvalue weighted by Crippen LogP contribution is -2.64. The van der Waals surface area contributed by atoms with Crippen LogP contribution in [0, 0.1) is 5.92 Å². The molecular formula is C13H15NO5S. The first kappa shape index (κ1) is 13.5. The Kier molecular flexibility index (Phi) is 2.89. The average molecular weight is 297 g/mol. The minimum absolute atomic E-state index is 0.0461. The lowest BCUT2D eigenvalue weighted by atomic mass is 9.91. The largest absolute Gasteiger partial charge is 0.478 e. The van der Waals surface area contributed by atoms with E-state index in [0.29, 0.717) is 0 Å². The third-order valence-electron chi connectivity index (χ3n) is 3.96. The number of hydrogen-bond acceptors (Lipinski definition) is 4. The molecule has 108 valence electrons. The number of nitrogens with zero attached hydrogens (tertiary/aromatic N) is 1. The van der Waals surface area contributed by atoms with E-state index in [-0.39, 0.29) is 29.5 Å². The Morgan fingerprint density at radius 3 is 2.50 bits per heavy atom. The highest BCUT2D eigenvalue weighted by Crippen LogP contribution is 2.45. The standard InChI is InChI=1S/C13H15NO5S/c15-12(16)9-2-1-3-11(6-9)20(18,19)14-7-13(17,8-14)10-4-5-10/h1-3,6,10,17H,4-5,7-8H2,(H,15,16). The van der Waals surface area contributed by atoms with E-state index in [4.69, 9.17) is 5.11 Å². The predicted molar refractivity (Wildman–Crippen MR) is 69.8 cm³/mol. The van der Waals surface area contributed by atoms with Crippen molar-refractivity contribution >= 4 is 16.0 Å². The molecule has 1 saturated carbocycles. The number of rotatable bonds is 4. The van der Waals surface area contributed by atoms with Crippen molar-refractivity contribution in [3.8, 4) is 0 Å². The Balaban J connectivity index is 1.82. The first-order chi connectivity index (χ1) is 9.33. The highest BCUT2D eigenvalue weighted by Gasteiger charge is 2.55. The summed E-state index contributed by atoms with van der Waals surface area (Å²) in [5.74, 6) is -0.959. The molecule has 1 aliphatic heterocycles. The second kappa shape index (κ2) is 4.28. The van der Waals surface area contributed by atoms with Crippen LogP contribution in [-0.2, 0) is 10.0 Å². The molecule has 0 radical (unpaired) electrons. The Morgan fingerprint density at radius 2 is 1.95 bits per heavy atom. The summed E-state index contributed by atoms with van der Waals surface area (Å²) in [4.78, 5) is 10.8. The van der Waals surface area contributed by atoms with E-state index in [2.05, 4.69) is 0 Å². The van der Waals surface area contributed by atoms with Crippen molar-refractivity contribution in [3.05, 3.63) is 29.8 Å². The van der Waals surface area contributed by atoms with Gasteiger partial charge in [0.05, 0.1) is 16.1 Å². The minimum atomic E-state index is -3.73. The van der Waals surface area contributed by atoms with Gasteiger partial charge >= 0.3 is 5.97 Å². The van der Waals surface area contributed by atoms with E-state index >= 15 is 0 Å². The van der Waals surface area contributed by atoms with Crippen LogP contribution in [-0.4, -0.2) is 47.6 Å². The van der Waals surface area contributed by atoms with Gasteiger partial charge in [-0.1, -0.05) is 6.07 Å². The van der Waals surface area contributed by atoms with Crippen molar-refractivity contribution in [3.63, 3.8) is 0 Å². The number of aliphatic hydroxyl groups is 1. The van der Waals surface area contributed by atoms with Gasteiger partial charge in [0.1, 0.15) is 0 Å². The molecule has 0 unspecified atom stereocenters. The van der Waals surface area contributed by atoms with Gasteiger partial charge in [0, 0.05) is 13.1 Å². The highest BCUT2D eigenvalue weighted by molar-refractivity contribution is 7.89. The van der Waals surface area contributed by atoms with E-state index in [1.807, 2.05) is 0 Å². The normalized spacial score (nSPS) is 22.2. The fourth-order valence-corrected chi connectivity index (χ4v) is 4.16. The maximum Gasteiger partial charge on any atom is 0.335 e. The second-order valence-corrected chi connectivity index (χ2v) is 7.42. The van der Waals surface area contributed by atoms with Crippen LogP contribution in [0.3, 0.4) is 0 Å². The highest BCUT2D eigenvalue weighted by atomic mass is 32.2. The molecule has 0 spiro atoms. The number of aromatic carboxylic acids is 1. The molecule has 2 fully saturated rings. The number of benzene rings is 1. The molecule has 20 heavy (non-hydrogen) atoms. The second-order valence-electron chi connectivity index (χ2n) is 5.48. The van der Waals surface area contributed by atoms with Gasteiger partial charge in [-0.2, -0.15) is 4.31 Å². The lowest BCUT2D eigenvalue weighted by molar-refractivity contribution is -0.0764. The molecule has 0 atom stereocenters. The van der Waals surface area contributed by atoms with Crippen LogP contribution in [0.5, 0.6) is 0 Å². The predicted octanol–water partition coefficient (Wildman–Crippen LogP) is 0.530. The number of sulfonamides is 1. The summed E-state index contributed by atoms with van der Waals surface area (Å²) >= 11 is 0. The van der Waals surface area contributed by atoms with E-state index in [9.17, 15) is 18.3 Å². The summed E-state index contributed by atoms with van der Waals surface area (Å²) in [5, 5.41) is 19.1. The molecule has 0 aromatic heterocycles. The summed E-state index contributed by atoms with van der Waals surface area (Å²) in [6, 6.07) is 5.27. The molecule has 1 aromatic carbocycles. The number of β-amino-alcohol motifs (C(OH)–C–C–N with tert-alkyl or cyclic N) is 1. The Morgan fingerprint density at radius 1 is 1.30 bits per heavy atom. The fraction of sp³-hybridized carbons (Fsp3) is 0.462. The summed E-state index contributed by atoms with van der Waals surface area (Å²) in [5.41, 5.74) is -0.957. The quantitative estimate of drug-likeness (QED) is 0.845. The van der Waals surface area contributed by atoms with Crippen molar-refractivity contribution in [2.75, 3.05) is 13.1 Å². The van der Waals surface area contributed by atoms with Gasteiger partial charge in [-0.3, -0.25) is 0 Å². The summed E-state index contributed by atoms with van der Waals surface area (Å²) in [6.07, 6.45) is 1.89. The lowest BCUT2D eigenvalue weighted by Gasteiger charge is -2.45. The van der Waals surface area contributed by atoms with Crippen molar-refractivity contribution in [1.82, 2.24) is 4.31 Å². The molecule has 1 aromatic rings. The van der Waals surface area contributed by atoms with Crippen LogP contribution in [0.1, 0.15) is 23.2 Å². The Bertz CT molecular complexity index is 659. The smallest absolute Gasteiger partial charge is 0.335 e. The number of carboxylic acid groups (broad SMARTS) is 1. The van der Waals surface area contributed by atoms with Gasteiger partial charge in [-0.25, -0.2) is 13.2 Å². The van der Waals surface area contributed by atoms with Gasteiger partial charge in [0.15, 0.2) is 0 Å². The SMILES string of the molecule is O=C(O)c1cccc(S(=O)(=O)N2CC(O)(C3CC3)C2)c1. The first-order valence-electron chi connectivity index (χ1n) is 6.39. The van der Waals surface area contributed by atoms with Crippen molar-refractivity contribution in [2.45, 2.75) is 23.3 Å². The average Bonchev–Trinajstić information content (AvgIpc) is 3.19. The molecule has 3 rings (SSSR count). The van der Waals surface area contributed by atoms with Crippen molar-refractivity contribution in [1.29, 1.82) is 0 Å². The number of hydrogen-bond donors (Lipinski definition) is 2. The summed E-state index contributed by atoms with van der Waals surface area (Å²) in [7, 11) is -3.73. The zero-order valence-electron chi connectivity index (χ0n) is 10.7. The molecule has 6 nitrogen and oxygen atoms in total. The molecule has 1 saturated heterocycles. The molecule has 1 aliphatic carbocycles. The van der Waals surface area contributed by atoms with Crippen LogP contribution in [0.4, 0.5) is 0 Å². The molecule has 0 amide bonds. The van der Waals surface area contributed by atoms with Gasteiger partial charge in [-0.15, -0.1) is 0 Å². The van der Waals surface area contributed by atoms with E-state index in [1.165, 1.54) is 22.5 Å². The van der Waals surface area contributed by atoms with Gasteiger partial charge in [0.25, 0.3) is 0 Å². The number of carboxylic acids is 1. The molecule has 2 aliphatic rings. The van der Waals surface area contributed by atoms with Crippen molar-refractivity contribution in [2.24, 2.45) is 5.92 Å². The van der Waals surface area contributed by atoms with Gasteiger partial charge < -0.3 is 10.2 Å². The van der Waals surface area contributed by atoms with Gasteiger partial charge in [0.2, 0.25) is 10.0 Å². The Labute approximate surface area is 116 Å². The monoisotopic (exact) mass is 297 g/mol. The third kappa shape index (κ3) is 2.11. The summed E-state index contributed by atoms with van der Waals surface area (Å²) in [6.45, 7) is 0.189. The van der Waals surface area contributed by atoms with Crippen molar-refractivity contribution < 1.29 is 23.4 Å². The molecule has 0 bridgehead atoms. The third-order valence-corrected chi connectivity index (χ3v) is 5.74. The fourth-order valence-electron chi connectivity index (χ4n) is 2.55. The minimum Gasteiger partial charge on any atom is -0.478 e. The zero-order chi connectivity index (χ0) is 14.5. The first-order valence-corrected chi connectivity index (χ1v) is 7.83. The van der Waals surface area contributed by atoms with Crippen LogP contribution < -0.4 is 0 Å². The van der Waals surface area contributed by atoms with Crippen LogP contribution in [0.2, 0.25) is 0 Å². The van der Waals surface area contributed by atoms with Gasteiger partial charge in [-0.05, 0) is 37.0 Å². The van der Waals surface area contributed by atoms with E-state index in [0.717, 1.165) is 18.9 Å². The molecule has 2 N–H and O–H groups in total. The van der Waals surface area contributed by atoms with Crippen LogP contribution >= 0.6 is 0 Å². The maximum absolute atomic E-state index is 12.3. The Hall–Kier alpha value is -1.44. The number of carbonyl (C=O) groups is 1. The van der Waals surface area contributed by atoms with E-state index < -0.39 is 21.6 Å². The molecular weight excluding hydrogens is 282 g/mol. The summed E-state index contributed by atoms with van der Waals surface area (Å²) < 4.78 is 25.9. The maximum atomic E-state index is 12.3. The molecule has 7 heteroatoms. The zero-order valence-corrected chi connectivity index (χ0v) is 11.5. The van der Waals surface area contributed by atoms with Crippen LogP contribution in [0.15, 0.2) is 29.2 Å².